The van der Waals surface area contributed by atoms with Gasteiger partial charge in [0.1, 0.15) is 5.52 Å². The molecule has 1 aromatic heterocycles. The lowest BCUT2D eigenvalue weighted by molar-refractivity contribution is 0.0793. The van der Waals surface area contributed by atoms with Crippen LogP contribution in [-0.2, 0) is 0 Å². The molecule has 1 aliphatic heterocycles. The number of benzene rings is 1. The molecule has 0 aliphatic carbocycles. The maximum Gasteiger partial charge on any atom is 0.253 e. The van der Waals surface area contributed by atoms with Crippen LogP contribution in [0, 0.1) is 6.92 Å². The quantitative estimate of drug-likeness (QED) is 0.755. The molecule has 1 aliphatic rings. The first-order valence-electron chi connectivity index (χ1n) is 5.90. The van der Waals surface area contributed by atoms with Crippen molar-refractivity contribution < 1.29 is 9.21 Å². The van der Waals surface area contributed by atoms with Gasteiger partial charge in [0.2, 0.25) is 0 Å². The number of oxazole rings is 1. The molecule has 0 radical (unpaired) electrons. The largest absolute Gasteiger partial charge is 0.441 e. The molecule has 2 heterocycles. The second-order valence-electron chi connectivity index (χ2n) is 4.41. The number of carbonyl (C=O) groups excluding carboxylic acids is 1. The average molecular weight is 230 g/mol. The third kappa shape index (κ3) is 1.79. The van der Waals surface area contributed by atoms with Gasteiger partial charge in [0.15, 0.2) is 11.5 Å². The number of hydrogen-bond donors (Lipinski definition) is 0. The van der Waals surface area contributed by atoms with E-state index in [-0.39, 0.29) is 5.91 Å². The zero-order chi connectivity index (χ0) is 11.8. The van der Waals surface area contributed by atoms with Crippen molar-refractivity contribution in [2.75, 3.05) is 13.1 Å². The third-order valence-corrected chi connectivity index (χ3v) is 3.13. The topological polar surface area (TPSA) is 46.3 Å². The van der Waals surface area contributed by atoms with Crippen LogP contribution in [0.3, 0.4) is 0 Å². The molecule has 2 aromatic rings. The molecule has 1 amide bonds. The van der Waals surface area contributed by atoms with Crippen LogP contribution in [0.2, 0.25) is 0 Å². The fraction of sp³-hybridized carbons (Fsp3) is 0.385. The van der Waals surface area contributed by atoms with Gasteiger partial charge in [-0.1, -0.05) is 0 Å². The summed E-state index contributed by atoms with van der Waals surface area (Å²) in [5, 5.41) is 0. The van der Waals surface area contributed by atoms with E-state index in [9.17, 15) is 4.79 Å². The van der Waals surface area contributed by atoms with Gasteiger partial charge in [-0.15, -0.1) is 0 Å². The fourth-order valence-corrected chi connectivity index (χ4v) is 2.28. The fourth-order valence-electron chi connectivity index (χ4n) is 2.28. The van der Waals surface area contributed by atoms with Gasteiger partial charge < -0.3 is 9.32 Å². The van der Waals surface area contributed by atoms with Crippen LogP contribution in [0.1, 0.15) is 29.1 Å². The van der Waals surface area contributed by atoms with E-state index in [1.807, 2.05) is 30.0 Å². The first-order valence-corrected chi connectivity index (χ1v) is 5.90. The normalized spacial score (nSPS) is 15.7. The molecule has 0 N–H and O–H groups in total. The van der Waals surface area contributed by atoms with E-state index in [0.717, 1.165) is 37.0 Å². The van der Waals surface area contributed by atoms with Crippen molar-refractivity contribution in [2.24, 2.45) is 0 Å². The van der Waals surface area contributed by atoms with Gasteiger partial charge in [0, 0.05) is 25.6 Å². The summed E-state index contributed by atoms with van der Waals surface area (Å²) in [5.74, 6) is 0.732. The Balaban J connectivity index is 1.96. The van der Waals surface area contributed by atoms with Crippen molar-refractivity contribution in [3.05, 3.63) is 29.7 Å². The summed E-state index contributed by atoms with van der Waals surface area (Å²) in [5.41, 5.74) is 2.20. The molecule has 4 heteroatoms. The van der Waals surface area contributed by atoms with Crippen LogP contribution in [0.15, 0.2) is 22.6 Å². The molecule has 1 saturated heterocycles. The van der Waals surface area contributed by atoms with Gasteiger partial charge in [-0.05, 0) is 31.0 Å². The molecule has 1 aromatic carbocycles. The molecule has 0 unspecified atom stereocenters. The molecule has 0 spiro atoms. The zero-order valence-electron chi connectivity index (χ0n) is 9.77. The van der Waals surface area contributed by atoms with Crippen LogP contribution in [0.4, 0.5) is 0 Å². The summed E-state index contributed by atoms with van der Waals surface area (Å²) in [4.78, 5) is 18.3. The molecular formula is C13H14N2O2. The first-order chi connectivity index (χ1) is 8.24. The van der Waals surface area contributed by atoms with Crippen LogP contribution < -0.4 is 0 Å². The van der Waals surface area contributed by atoms with Crippen molar-refractivity contribution >= 4 is 17.0 Å². The van der Waals surface area contributed by atoms with Gasteiger partial charge in [-0.25, -0.2) is 4.98 Å². The average Bonchev–Trinajstić information content (AvgIpc) is 2.94. The Kier molecular flexibility index (Phi) is 2.35. The number of rotatable bonds is 1. The van der Waals surface area contributed by atoms with Crippen molar-refractivity contribution in [3.63, 3.8) is 0 Å². The smallest absolute Gasteiger partial charge is 0.253 e. The number of aromatic nitrogens is 1. The van der Waals surface area contributed by atoms with E-state index < -0.39 is 0 Å². The Morgan fingerprint density at radius 1 is 1.35 bits per heavy atom. The second kappa shape index (κ2) is 3.87. The van der Waals surface area contributed by atoms with E-state index >= 15 is 0 Å². The molecule has 1 fully saturated rings. The standard InChI is InChI=1S/C13H14N2O2/c1-9-14-11-8-10(4-5-12(11)17-9)13(16)15-6-2-3-7-15/h4-5,8H,2-3,6-7H2,1H3. The molecule has 0 saturated carbocycles. The van der Waals surface area contributed by atoms with Crippen molar-refractivity contribution in [1.29, 1.82) is 0 Å². The second-order valence-corrected chi connectivity index (χ2v) is 4.41. The summed E-state index contributed by atoms with van der Waals surface area (Å²) >= 11 is 0. The minimum atomic E-state index is 0.102. The highest BCUT2D eigenvalue weighted by Crippen LogP contribution is 2.19. The number of nitrogens with zero attached hydrogens (tertiary/aromatic N) is 2. The van der Waals surface area contributed by atoms with Gasteiger partial charge in [0.25, 0.3) is 5.91 Å². The highest BCUT2D eigenvalue weighted by atomic mass is 16.3. The summed E-state index contributed by atoms with van der Waals surface area (Å²) in [6.07, 6.45) is 2.22. The molecular weight excluding hydrogens is 216 g/mol. The number of carbonyl (C=O) groups is 1. The van der Waals surface area contributed by atoms with Crippen molar-refractivity contribution in [1.82, 2.24) is 9.88 Å². The molecule has 17 heavy (non-hydrogen) atoms. The van der Waals surface area contributed by atoms with E-state index in [1.54, 1.807) is 0 Å². The SMILES string of the molecule is Cc1nc2cc(C(=O)N3CCCC3)ccc2o1. The predicted molar refractivity (Wildman–Crippen MR) is 63.9 cm³/mol. The van der Waals surface area contributed by atoms with Gasteiger partial charge >= 0.3 is 0 Å². The summed E-state index contributed by atoms with van der Waals surface area (Å²) < 4.78 is 5.39. The maximum absolute atomic E-state index is 12.2. The minimum absolute atomic E-state index is 0.102. The number of likely N-dealkylation sites (tertiary alicyclic amines) is 1. The van der Waals surface area contributed by atoms with E-state index in [1.165, 1.54) is 0 Å². The van der Waals surface area contributed by atoms with E-state index in [4.69, 9.17) is 4.42 Å². The highest BCUT2D eigenvalue weighted by molar-refractivity contribution is 5.97. The van der Waals surface area contributed by atoms with Crippen molar-refractivity contribution in [2.45, 2.75) is 19.8 Å². The Labute approximate surface area is 99.2 Å². The lowest BCUT2D eigenvalue weighted by Gasteiger charge is -2.14. The number of amides is 1. The van der Waals surface area contributed by atoms with Crippen LogP contribution in [0.25, 0.3) is 11.1 Å². The minimum Gasteiger partial charge on any atom is -0.441 e. The summed E-state index contributed by atoms with van der Waals surface area (Å²) in [7, 11) is 0. The molecule has 0 atom stereocenters. The molecule has 88 valence electrons. The third-order valence-electron chi connectivity index (χ3n) is 3.13. The van der Waals surface area contributed by atoms with Crippen LogP contribution in [0.5, 0.6) is 0 Å². The lowest BCUT2D eigenvalue weighted by Crippen LogP contribution is -2.27. The Hall–Kier alpha value is -1.84. The monoisotopic (exact) mass is 230 g/mol. The molecule has 3 rings (SSSR count). The van der Waals surface area contributed by atoms with E-state index in [0.29, 0.717) is 11.5 Å². The number of hydrogen-bond acceptors (Lipinski definition) is 3. The number of aryl methyl sites for hydroxylation is 1. The van der Waals surface area contributed by atoms with Crippen LogP contribution >= 0.6 is 0 Å². The summed E-state index contributed by atoms with van der Waals surface area (Å²) in [6, 6.07) is 5.44. The van der Waals surface area contributed by atoms with Gasteiger partial charge in [-0.2, -0.15) is 0 Å². The number of fused-ring (bicyclic) bond motifs is 1. The van der Waals surface area contributed by atoms with Crippen molar-refractivity contribution in [3.8, 4) is 0 Å². The van der Waals surface area contributed by atoms with Gasteiger partial charge in [-0.3, -0.25) is 4.79 Å². The molecule has 4 nitrogen and oxygen atoms in total. The Morgan fingerprint density at radius 2 is 2.12 bits per heavy atom. The highest BCUT2D eigenvalue weighted by Gasteiger charge is 2.20. The Morgan fingerprint density at radius 3 is 2.88 bits per heavy atom. The lowest BCUT2D eigenvalue weighted by atomic mass is 10.2. The first kappa shape index (κ1) is 10.3. The predicted octanol–water partition coefficient (Wildman–Crippen LogP) is 2.37. The van der Waals surface area contributed by atoms with Gasteiger partial charge in [0.05, 0.1) is 0 Å². The zero-order valence-corrected chi connectivity index (χ0v) is 9.77. The summed E-state index contributed by atoms with van der Waals surface area (Å²) in [6.45, 7) is 3.55. The van der Waals surface area contributed by atoms with Crippen LogP contribution in [-0.4, -0.2) is 28.9 Å². The Bertz CT molecular complexity index is 568. The molecule has 0 bridgehead atoms. The van der Waals surface area contributed by atoms with E-state index in [2.05, 4.69) is 4.98 Å². The maximum atomic E-state index is 12.2.